The summed E-state index contributed by atoms with van der Waals surface area (Å²) in [6.45, 7) is 5.36. The molecule has 6 nitrogen and oxygen atoms in total. The number of benzene rings is 2. The summed E-state index contributed by atoms with van der Waals surface area (Å²) in [6, 6.07) is 9.12. The van der Waals surface area contributed by atoms with Crippen LogP contribution in [0.25, 0.3) is 11.0 Å². The van der Waals surface area contributed by atoms with Gasteiger partial charge in [0.2, 0.25) is 0 Å². The number of anilines is 1. The Bertz CT molecular complexity index is 1120. The van der Waals surface area contributed by atoms with Crippen LogP contribution in [0.5, 0.6) is 0 Å². The van der Waals surface area contributed by atoms with Gasteiger partial charge in [-0.15, -0.1) is 0 Å². The highest BCUT2D eigenvalue weighted by molar-refractivity contribution is 7.92. The minimum absolute atomic E-state index is 0.0837. The van der Waals surface area contributed by atoms with Crippen molar-refractivity contribution in [2.75, 3.05) is 11.3 Å². The lowest BCUT2D eigenvalue weighted by Crippen LogP contribution is -2.13. The molecule has 142 valence electrons. The van der Waals surface area contributed by atoms with Crippen LogP contribution in [0.4, 0.5) is 5.69 Å². The number of carbonyl (C=O) groups is 1. The van der Waals surface area contributed by atoms with Gasteiger partial charge in [-0.1, -0.05) is 11.6 Å². The van der Waals surface area contributed by atoms with E-state index >= 15 is 0 Å². The van der Waals surface area contributed by atoms with E-state index in [4.69, 9.17) is 20.8 Å². The van der Waals surface area contributed by atoms with Crippen LogP contribution in [0.2, 0.25) is 5.02 Å². The molecule has 0 fully saturated rings. The van der Waals surface area contributed by atoms with Crippen molar-refractivity contribution < 1.29 is 22.4 Å². The zero-order valence-electron chi connectivity index (χ0n) is 15.0. The lowest BCUT2D eigenvalue weighted by Gasteiger charge is -2.11. The average Bonchev–Trinajstić information content (AvgIpc) is 2.90. The van der Waals surface area contributed by atoms with Gasteiger partial charge in [-0.25, -0.2) is 13.2 Å². The van der Waals surface area contributed by atoms with Gasteiger partial charge in [0.1, 0.15) is 16.9 Å². The molecule has 27 heavy (non-hydrogen) atoms. The minimum Gasteiger partial charge on any atom is -0.462 e. The van der Waals surface area contributed by atoms with Crippen LogP contribution < -0.4 is 4.72 Å². The molecule has 3 aromatic rings. The molecule has 0 unspecified atom stereocenters. The number of hydrogen-bond acceptors (Lipinski definition) is 5. The summed E-state index contributed by atoms with van der Waals surface area (Å²) < 4.78 is 38.6. The van der Waals surface area contributed by atoms with Gasteiger partial charge in [-0.05, 0) is 62.7 Å². The van der Waals surface area contributed by atoms with Gasteiger partial charge in [-0.3, -0.25) is 4.72 Å². The van der Waals surface area contributed by atoms with Gasteiger partial charge in [-0.2, -0.15) is 0 Å². The van der Waals surface area contributed by atoms with Crippen LogP contribution in [0.3, 0.4) is 0 Å². The monoisotopic (exact) mass is 407 g/mol. The number of furan rings is 1. The number of ether oxygens (including phenoxy) is 1. The molecule has 0 aliphatic heterocycles. The van der Waals surface area contributed by atoms with Crippen molar-refractivity contribution in [2.45, 2.75) is 25.7 Å². The first-order chi connectivity index (χ1) is 12.7. The van der Waals surface area contributed by atoms with E-state index in [9.17, 15) is 13.2 Å². The topological polar surface area (TPSA) is 85.6 Å². The van der Waals surface area contributed by atoms with Crippen LogP contribution in [-0.2, 0) is 14.8 Å². The number of rotatable bonds is 5. The fourth-order valence-electron chi connectivity index (χ4n) is 2.75. The number of carbonyl (C=O) groups excluding carboxylic acids is 1. The third kappa shape index (κ3) is 3.79. The SMILES string of the molecule is CCOC(=O)c1c(C)oc2cc(C)c(NS(=O)(=O)c3ccc(Cl)cc3)cc12. The van der Waals surface area contributed by atoms with E-state index in [1.54, 1.807) is 32.9 Å². The Hall–Kier alpha value is -2.51. The third-order valence-electron chi connectivity index (χ3n) is 4.06. The first-order valence-electron chi connectivity index (χ1n) is 8.22. The maximum absolute atomic E-state index is 12.7. The fourth-order valence-corrected chi connectivity index (χ4v) is 4.00. The summed E-state index contributed by atoms with van der Waals surface area (Å²) in [6.07, 6.45) is 0. The van der Waals surface area contributed by atoms with E-state index in [0.29, 0.717) is 38.6 Å². The molecule has 3 rings (SSSR count). The maximum Gasteiger partial charge on any atom is 0.342 e. The number of nitrogens with one attached hydrogen (secondary N) is 1. The molecule has 1 N–H and O–H groups in total. The highest BCUT2D eigenvalue weighted by atomic mass is 35.5. The van der Waals surface area contributed by atoms with Crippen molar-refractivity contribution in [3.8, 4) is 0 Å². The first-order valence-corrected chi connectivity index (χ1v) is 10.1. The molecule has 2 aromatic carbocycles. The van der Waals surface area contributed by atoms with Crippen molar-refractivity contribution in [3.05, 3.63) is 58.3 Å². The molecule has 0 bridgehead atoms. The summed E-state index contributed by atoms with van der Waals surface area (Å²) in [5.74, 6) is -0.0929. The number of hydrogen-bond donors (Lipinski definition) is 1. The zero-order valence-corrected chi connectivity index (χ0v) is 16.6. The fraction of sp³-hybridized carbons (Fsp3) is 0.211. The normalized spacial score (nSPS) is 11.6. The Kier molecular flexibility index (Phi) is 5.17. The Balaban J connectivity index is 2.06. The predicted molar refractivity (Wildman–Crippen MR) is 104 cm³/mol. The van der Waals surface area contributed by atoms with E-state index in [1.807, 2.05) is 0 Å². The van der Waals surface area contributed by atoms with Crippen LogP contribution in [-0.4, -0.2) is 21.0 Å². The number of halogens is 1. The maximum atomic E-state index is 12.7. The smallest absolute Gasteiger partial charge is 0.342 e. The molecule has 0 spiro atoms. The molecule has 8 heteroatoms. The van der Waals surface area contributed by atoms with E-state index < -0.39 is 16.0 Å². The summed E-state index contributed by atoms with van der Waals surface area (Å²) in [5, 5.41) is 0.935. The van der Waals surface area contributed by atoms with E-state index in [0.717, 1.165) is 0 Å². The second kappa shape index (κ2) is 7.25. The van der Waals surface area contributed by atoms with E-state index in [-0.39, 0.29) is 11.5 Å². The molecule has 0 amide bonds. The van der Waals surface area contributed by atoms with Crippen LogP contribution in [0, 0.1) is 13.8 Å². The van der Waals surface area contributed by atoms with Crippen molar-refractivity contribution in [1.29, 1.82) is 0 Å². The molecule has 1 heterocycles. The lowest BCUT2D eigenvalue weighted by atomic mass is 10.1. The Morgan fingerprint density at radius 3 is 2.48 bits per heavy atom. The summed E-state index contributed by atoms with van der Waals surface area (Å²) >= 11 is 5.82. The number of sulfonamides is 1. The van der Waals surface area contributed by atoms with Crippen molar-refractivity contribution in [3.63, 3.8) is 0 Å². The molecule has 0 saturated heterocycles. The minimum atomic E-state index is -3.81. The van der Waals surface area contributed by atoms with Gasteiger partial charge in [0, 0.05) is 10.4 Å². The third-order valence-corrected chi connectivity index (χ3v) is 5.69. The average molecular weight is 408 g/mol. The molecule has 0 radical (unpaired) electrons. The molecule has 0 atom stereocenters. The van der Waals surface area contributed by atoms with Crippen LogP contribution in [0.1, 0.15) is 28.6 Å². The number of esters is 1. The molecule has 0 saturated carbocycles. The van der Waals surface area contributed by atoms with E-state index in [1.165, 1.54) is 24.3 Å². The summed E-state index contributed by atoms with van der Waals surface area (Å²) in [4.78, 5) is 12.3. The quantitative estimate of drug-likeness (QED) is 0.620. The first kappa shape index (κ1) is 19.3. The molecule has 0 aliphatic rings. The van der Waals surface area contributed by atoms with Crippen LogP contribution >= 0.6 is 11.6 Å². The van der Waals surface area contributed by atoms with Crippen molar-refractivity contribution in [1.82, 2.24) is 0 Å². The van der Waals surface area contributed by atoms with Crippen LogP contribution in [0.15, 0.2) is 45.7 Å². The van der Waals surface area contributed by atoms with Gasteiger partial charge < -0.3 is 9.15 Å². The Labute approximate surface area is 162 Å². The van der Waals surface area contributed by atoms with Gasteiger partial charge in [0.25, 0.3) is 10.0 Å². The summed E-state index contributed by atoms with van der Waals surface area (Å²) in [7, 11) is -3.81. The largest absolute Gasteiger partial charge is 0.462 e. The molecular weight excluding hydrogens is 390 g/mol. The zero-order chi connectivity index (χ0) is 19.8. The highest BCUT2D eigenvalue weighted by Crippen LogP contribution is 2.32. The second-order valence-electron chi connectivity index (χ2n) is 5.98. The summed E-state index contributed by atoms with van der Waals surface area (Å²) in [5.41, 5.74) is 1.79. The Morgan fingerprint density at radius 1 is 1.19 bits per heavy atom. The van der Waals surface area contributed by atoms with Crippen molar-refractivity contribution in [2.24, 2.45) is 0 Å². The molecule has 0 aliphatic carbocycles. The van der Waals surface area contributed by atoms with Gasteiger partial charge in [0.05, 0.1) is 17.2 Å². The molecule has 1 aromatic heterocycles. The van der Waals surface area contributed by atoms with E-state index in [2.05, 4.69) is 4.72 Å². The highest BCUT2D eigenvalue weighted by Gasteiger charge is 2.22. The standard InChI is InChI=1S/C19H18ClNO5S/c1-4-25-19(22)18-12(3)26-17-9-11(2)16(10-15(17)18)21-27(23,24)14-7-5-13(20)6-8-14/h5-10,21H,4H2,1-3H3. The second-order valence-corrected chi connectivity index (χ2v) is 8.10. The number of aryl methyl sites for hydroxylation is 2. The van der Waals surface area contributed by atoms with Gasteiger partial charge >= 0.3 is 5.97 Å². The van der Waals surface area contributed by atoms with Gasteiger partial charge in [0.15, 0.2) is 0 Å². The predicted octanol–water partition coefficient (Wildman–Crippen LogP) is 4.68. The Morgan fingerprint density at radius 2 is 1.85 bits per heavy atom. The lowest BCUT2D eigenvalue weighted by molar-refractivity contribution is 0.0526. The number of fused-ring (bicyclic) bond motifs is 1. The molecular formula is C19H18ClNO5S. The van der Waals surface area contributed by atoms with Crippen molar-refractivity contribution >= 4 is 44.3 Å².